The van der Waals surface area contributed by atoms with Gasteiger partial charge in [0.2, 0.25) is 0 Å². The van der Waals surface area contributed by atoms with E-state index in [0.717, 1.165) is 16.9 Å². The Hall–Kier alpha value is -2.03. The molecule has 0 unspecified atom stereocenters. The highest BCUT2D eigenvalue weighted by Gasteiger charge is 2.24. The van der Waals surface area contributed by atoms with Gasteiger partial charge in [0.1, 0.15) is 5.75 Å². The minimum Gasteiger partial charge on any atom is -0.505 e. The highest BCUT2D eigenvalue weighted by atomic mass is 16.3. The Labute approximate surface area is 139 Å². The van der Waals surface area contributed by atoms with Crippen LogP contribution in [0.2, 0.25) is 0 Å². The molecule has 2 N–H and O–H groups in total. The molecule has 23 heavy (non-hydrogen) atoms. The normalized spacial score (nSPS) is 12.3. The number of rotatable bonds is 3. The second-order valence-corrected chi connectivity index (χ2v) is 8.09. The molecule has 0 bridgehead atoms. The van der Waals surface area contributed by atoms with Gasteiger partial charge in [-0.3, -0.25) is 4.98 Å². The Morgan fingerprint density at radius 2 is 1.70 bits per heavy atom. The third-order valence-corrected chi connectivity index (χ3v) is 3.97. The quantitative estimate of drug-likeness (QED) is 0.784. The highest BCUT2D eigenvalue weighted by molar-refractivity contribution is 5.63. The maximum absolute atomic E-state index is 10.7. The SMILES string of the molecule is CC(C)(C)c1cc(NCc2ccccn2)c(O)c(C(C)(C)C)c1. The van der Waals surface area contributed by atoms with Gasteiger partial charge in [-0.15, -0.1) is 0 Å². The van der Waals surface area contributed by atoms with Gasteiger partial charge in [0.05, 0.1) is 17.9 Å². The summed E-state index contributed by atoms with van der Waals surface area (Å²) in [7, 11) is 0. The molecule has 2 rings (SSSR count). The number of phenols is 1. The number of anilines is 1. The Morgan fingerprint density at radius 1 is 1.00 bits per heavy atom. The van der Waals surface area contributed by atoms with Crippen molar-refractivity contribution in [2.45, 2.75) is 58.9 Å². The summed E-state index contributed by atoms with van der Waals surface area (Å²) in [5, 5.41) is 14.1. The van der Waals surface area contributed by atoms with E-state index < -0.39 is 0 Å². The van der Waals surface area contributed by atoms with E-state index in [1.54, 1.807) is 6.20 Å². The predicted octanol–water partition coefficient (Wildman–Crippen LogP) is 4.99. The van der Waals surface area contributed by atoms with Crippen LogP contribution in [0.15, 0.2) is 36.5 Å². The van der Waals surface area contributed by atoms with Crippen molar-refractivity contribution in [1.29, 1.82) is 0 Å². The van der Waals surface area contributed by atoms with Crippen molar-refractivity contribution >= 4 is 5.69 Å². The fourth-order valence-electron chi connectivity index (χ4n) is 2.46. The van der Waals surface area contributed by atoms with Crippen molar-refractivity contribution in [3.05, 3.63) is 53.3 Å². The van der Waals surface area contributed by atoms with E-state index in [9.17, 15) is 5.11 Å². The number of phenolic OH excluding ortho intramolecular Hbond substituents is 1. The molecule has 0 fully saturated rings. The van der Waals surface area contributed by atoms with Crippen molar-refractivity contribution in [3.63, 3.8) is 0 Å². The van der Waals surface area contributed by atoms with Gasteiger partial charge in [0.15, 0.2) is 0 Å². The number of aromatic hydroxyl groups is 1. The maximum Gasteiger partial charge on any atom is 0.142 e. The minimum atomic E-state index is -0.118. The van der Waals surface area contributed by atoms with Crippen LogP contribution < -0.4 is 5.32 Å². The first-order chi connectivity index (χ1) is 10.6. The number of aromatic nitrogens is 1. The van der Waals surface area contributed by atoms with Gasteiger partial charge in [-0.05, 0) is 34.6 Å². The lowest BCUT2D eigenvalue weighted by Gasteiger charge is -2.27. The molecule has 0 saturated carbocycles. The first-order valence-corrected chi connectivity index (χ1v) is 8.11. The van der Waals surface area contributed by atoms with Crippen molar-refractivity contribution in [3.8, 4) is 5.75 Å². The number of nitrogens with one attached hydrogen (secondary N) is 1. The Balaban J connectivity index is 2.41. The Bertz CT molecular complexity index is 665. The zero-order valence-electron chi connectivity index (χ0n) is 15.1. The molecule has 0 spiro atoms. The van der Waals surface area contributed by atoms with E-state index in [4.69, 9.17) is 0 Å². The minimum absolute atomic E-state index is 0.0229. The third kappa shape index (κ3) is 4.25. The first kappa shape index (κ1) is 17.3. The molecule has 0 radical (unpaired) electrons. The van der Waals surface area contributed by atoms with Crippen LogP contribution in [0.1, 0.15) is 58.4 Å². The van der Waals surface area contributed by atoms with Gasteiger partial charge in [-0.1, -0.05) is 53.7 Å². The van der Waals surface area contributed by atoms with Crippen LogP contribution in [0.5, 0.6) is 5.75 Å². The standard InChI is InChI=1S/C20H28N2O/c1-19(2,3)14-11-16(20(4,5)6)18(23)17(12-14)22-13-15-9-7-8-10-21-15/h7-12,22-23H,13H2,1-6H3. The largest absolute Gasteiger partial charge is 0.505 e. The van der Waals surface area contributed by atoms with Crippen LogP contribution >= 0.6 is 0 Å². The fourth-order valence-corrected chi connectivity index (χ4v) is 2.46. The van der Waals surface area contributed by atoms with Crippen LogP contribution in [0.4, 0.5) is 5.69 Å². The van der Waals surface area contributed by atoms with Gasteiger partial charge in [0.25, 0.3) is 0 Å². The molecule has 0 saturated heterocycles. The molecular weight excluding hydrogens is 284 g/mol. The lowest BCUT2D eigenvalue weighted by atomic mass is 9.79. The number of nitrogens with zero attached hydrogens (tertiary/aromatic N) is 1. The second-order valence-electron chi connectivity index (χ2n) is 8.09. The highest BCUT2D eigenvalue weighted by Crippen LogP contribution is 2.40. The third-order valence-electron chi connectivity index (χ3n) is 3.97. The fraction of sp³-hybridized carbons (Fsp3) is 0.450. The molecule has 0 aliphatic carbocycles. The van der Waals surface area contributed by atoms with E-state index in [1.807, 2.05) is 24.3 Å². The smallest absolute Gasteiger partial charge is 0.142 e. The molecule has 0 atom stereocenters. The summed E-state index contributed by atoms with van der Waals surface area (Å²) in [6.07, 6.45) is 1.78. The molecule has 1 heterocycles. The number of hydrogen-bond acceptors (Lipinski definition) is 3. The van der Waals surface area contributed by atoms with Crippen molar-refractivity contribution in [2.24, 2.45) is 0 Å². The van der Waals surface area contributed by atoms with Gasteiger partial charge in [0, 0.05) is 11.8 Å². The second kappa shape index (κ2) is 6.23. The lowest BCUT2D eigenvalue weighted by molar-refractivity contribution is 0.446. The molecule has 2 aromatic rings. The average molecular weight is 312 g/mol. The number of pyridine rings is 1. The Kier molecular flexibility index (Phi) is 4.69. The van der Waals surface area contributed by atoms with Crippen molar-refractivity contribution < 1.29 is 5.11 Å². The van der Waals surface area contributed by atoms with E-state index in [-0.39, 0.29) is 10.8 Å². The molecular formula is C20H28N2O. The van der Waals surface area contributed by atoms with Gasteiger partial charge in [-0.2, -0.15) is 0 Å². The summed E-state index contributed by atoms with van der Waals surface area (Å²) in [4.78, 5) is 4.32. The molecule has 1 aromatic carbocycles. The molecule has 3 nitrogen and oxygen atoms in total. The van der Waals surface area contributed by atoms with Crippen LogP contribution in [-0.2, 0) is 17.4 Å². The monoisotopic (exact) mass is 312 g/mol. The average Bonchev–Trinajstić information content (AvgIpc) is 2.44. The summed E-state index contributed by atoms with van der Waals surface area (Å²) in [5.41, 5.74) is 3.80. The van der Waals surface area contributed by atoms with Crippen LogP contribution in [-0.4, -0.2) is 10.1 Å². The molecule has 0 aliphatic heterocycles. The maximum atomic E-state index is 10.7. The molecule has 124 valence electrons. The van der Waals surface area contributed by atoms with Crippen molar-refractivity contribution in [2.75, 3.05) is 5.32 Å². The van der Waals surface area contributed by atoms with E-state index in [1.165, 1.54) is 5.56 Å². The van der Waals surface area contributed by atoms with Gasteiger partial charge < -0.3 is 10.4 Å². The molecule has 1 aromatic heterocycles. The summed E-state index contributed by atoms with van der Waals surface area (Å²) < 4.78 is 0. The summed E-state index contributed by atoms with van der Waals surface area (Å²) in [6, 6.07) is 10.0. The number of benzene rings is 1. The summed E-state index contributed by atoms with van der Waals surface area (Å²) >= 11 is 0. The lowest BCUT2D eigenvalue weighted by Crippen LogP contribution is -2.17. The first-order valence-electron chi connectivity index (χ1n) is 8.11. The van der Waals surface area contributed by atoms with Crippen LogP contribution in [0.3, 0.4) is 0 Å². The van der Waals surface area contributed by atoms with E-state index in [0.29, 0.717) is 12.3 Å². The van der Waals surface area contributed by atoms with Crippen molar-refractivity contribution in [1.82, 2.24) is 4.98 Å². The zero-order chi connectivity index (χ0) is 17.3. The molecule has 0 amide bonds. The van der Waals surface area contributed by atoms with Crippen LogP contribution in [0.25, 0.3) is 0 Å². The zero-order valence-corrected chi connectivity index (χ0v) is 15.1. The number of hydrogen-bond donors (Lipinski definition) is 2. The summed E-state index contributed by atoms with van der Waals surface area (Å²) in [6.45, 7) is 13.5. The van der Waals surface area contributed by atoms with E-state index in [2.05, 4.69) is 57.9 Å². The Morgan fingerprint density at radius 3 is 2.22 bits per heavy atom. The predicted molar refractivity (Wildman–Crippen MR) is 97.1 cm³/mol. The van der Waals surface area contributed by atoms with Gasteiger partial charge in [-0.25, -0.2) is 0 Å². The topological polar surface area (TPSA) is 45.2 Å². The molecule has 0 aliphatic rings. The van der Waals surface area contributed by atoms with E-state index >= 15 is 0 Å². The van der Waals surface area contributed by atoms with Gasteiger partial charge >= 0.3 is 0 Å². The van der Waals surface area contributed by atoms with Crippen LogP contribution in [0, 0.1) is 0 Å². The molecule has 3 heteroatoms. The summed E-state index contributed by atoms with van der Waals surface area (Å²) in [5.74, 6) is 0.335.